The van der Waals surface area contributed by atoms with Crippen LogP contribution < -0.4 is 5.30 Å². The number of hydrogen-bond acceptors (Lipinski definition) is 4. The second-order valence-electron chi connectivity index (χ2n) is 6.54. The number of aliphatic imine (C=N–C) groups is 1. The highest BCUT2D eigenvalue weighted by Crippen LogP contribution is 2.56. The van der Waals surface area contributed by atoms with Crippen molar-refractivity contribution in [1.82, 2.24) is 14.5 Å². The van der Waals surface area contributed by atoms with Gasteiger partial charge in [0.15, 0.2) is 5.82 Å². The lowest BCUT2D eigenvalue weighted by molar-refractivity contribution is 0.447. The Bertz CT molecular complexity index is 1060. The summed E-state index contributed by atoms with van der Waals surface area (Å²) < 4.78 is 10.6. The van der Waals surface area contributed by atoms with Gasteiger partial charge in [0.05, 0.1) is 11.4 Å². The minimum Gasteiger partial charge on any atom is -0.431 e. The van der Waals surface area contributed by atoms with Gasteiger partial charge in [-0.3, -0.25) is 0 Å². The predicted molar refractivity (Wildman–Crippen MR) is 119 cm³/mol. The fourth-order valence-corrected chi connectivity index (χ4v) is 7.47. The number of fused-ring (bicyclic) bond motifs is 1. The zero-order valence-electron chi connectivity index (χ0n) is 16.2. The SMILES string of the molecule is CCN(CC)[P@]1(=S)OC(c2ccccc2)=Nc2c1c(C)nn2-c1ccccc1. The Labute approximate surface area is 170 Å². The lowest BCUT2D eigenvalue weighted by Gasteiger charge is -2.35. The molecule has 0 unspecified atom stereocenters. The Morgan fingerprint density at radius 2 is 1.61 bits per heavy atom. The summed E-state index contributed by atoms with van der Waals surface area (Å²) in [6.07, 6.45) is -2.52. The zero-order chi connectivity index (χ0) is 19.7. The van der Waals surface area contributed by atoms with Gasteiger partial charge in [-0.05, 0) is 43.0 Å². The molecule has 7 heteroatoms. The van der Waals surface area contributed by atoms with E-state index in [1.165, 1.54) is 0 Å². The third-order valence-corrected chi connectivity index (χ3v) is 9.11. The standard InChI is InChI=1S/C21H23N4OPS/c1-4-24(5-2)27(28)19-16(3)23-25(18-14-10-7-11-15-18)20(19)22-21(26-27)17-12-8-6-9-13-17/h6-15H,4-5H2,1-3H3/t27-/m0/s1. The molecular formula is C21H23N4OPS. The molecule has 2 heterocycles. The lowest BCUT2D eigenvalue weighted by atomic mass is 10.2. The van der Waals surface area contributed by atoms with Crippen molar-refractivity contribution in [2.75, 3.05) is 13.1 Å². The molecule has 0 saturated carbocycles. The molecule has 0 fully saturated rings. The van der Waals surface area contributed by atoms with Crippen LogP contribution >= 0.6 is 6.42 Å². The van der Waals surface area contributed by atoms with Crippen LogP contribution in [0.25, 0.3) is 5.69 Å². The second kappa shape index (κ2) is 7.63. The zero-order valence-corrected chi connectivity index (χ0v) is 18.0. The van der Waals surface area contributed by atoms with Gasteiger partial charge in [0.1, 0.15) is 5.30 Å². The Morgan fingerprint density at radius 3 is 2.21 bits per heavy atom. The third-order valence-electron chi connectivity index (χ3n) is 4.83. The first kappa shape index (κ1) is 19.1. The van der Waals surface area contributed by atoms with Gasteiger partial charge in [-0.2, -0.15) is 10.1 Å². The fraction of sp³-hybridized carbons (Fsp3) is 0.238. The van der Waals surface area contributed by atoms with Crippen LogP contribution in [0.15, 0.2) is 65.7 Å². The molecule has 0 amide bonds. The van der Waals surface area contributed by atoms with E-state index < -0.39 is 6.42 Å². The van der Waals surface area contributed by atoms with Crippen molar-refractivity contribution in [2.45, 2.75) is 20.8 Å². The first-order valence-corrected chi connectivity index (χ1v) is 12.1. The largest absolute Gasteiger partial charge is 0.431 e. The first-order chi connectivity index (χ1) is 13.6. The number of hydrogen-bond donors (Lipinski definition) is 0. The maximum atomic E-state index is 6.51. The van der Waals surface area contributed by atoms with Gasteiger partial charge >= 0.3 is 0 Å². The van der Waals surface area contributed by atoms with Crippen LogP contribution in [0.3, 0.4) is 0 Å². The molecule has 1 aliphatic rings. The molecule has 1 aliphatic heterocycles. The molecule has 0 radical (unpaired) electrons. The van der Waals surface area contributed by atoms with Gasteiger partial charge in [0.25, 0.3) is 0 Å². The summed E-state index contributed by atoms with van der Waals surface area (Å²) in [7, 11) is 0. The number of para-hydroxylation sites is 1. The molecule has 3 aromatic rings. The first-order valence-electron chi connectivity index (χ1n) is 9.43. The summed E-state index contributed by atoms with van der Waals surface area (Å²) in [5, 5.41) is 5.75. The van der Waals surface area contributed by atoms with E-state index >= 15 is 0 Å². The molecule has 28 heavy (non-hydrogen) atoms. The average Bonchev–Trinajstić information content (AvgIpc) is 3.07. The van der Waals surface area contributed by atoms with Crippen molar-refractivity contribution in [3.63, 3.8) is 0 Å². The highest BCUT2D eigenvalue weighted by molar-refractivity contribution is 8.15. The minimum atomic E-state index is -2.52. The van der Waals surface area contributed by atoms with Crippen molar-refractivity contribution in [1.29, 1.82) is 0 Å². The van der Waals surface area contributed by atoms with Crippen molar-refractivity contribution < 1.29 is 4.52 Å². The molecule has 1 aromatic heterocycles. The Hall–Kier alpha value is -2.27. The minimum absolute atomic E-state index is 0.570. The van der Waals surface area contributed by atoms with Crippen LogP contribution in [-0.2, 0) is 16.3 Å². The molecule has 5 nitrogen and oxygen atoms in total. The maximum absolute atomic E-state index is 6.51. The molecule has 1 atom stereocenters. The quantitative estimate of drug-likeness (QED) is 0.578. The van der Waals surface area contributed by atoms with Crippen LogP contribution in [0.5, 0.6) is 0 Å². The van der Waals surface area contributed by atoms with E-state index in [2.05, 4.69) is 18.5 Å². The molecule has 0 aliphatic carbocycles. The monoisotopic (exact) mass is 410 g/mol. The maximum Gasteiger partial charge on any atom is 0.227 e. The van der Waals surface area contributed by atoms with Crippen molar-refractivity contribution >= 4 is 35.2 Å². The Balaban J connectivity index is 1.99. The smallest absolute Gasteiger partial charge is 0.227 e. The van der Waals surface area contributed by atoms with Crippen LogP contribution in [0.2, 0.25) is 0 Å². The van der Waals surface area contributed by atoms with E-state index in [1.54, 1.807) is 0 Å². The number of benzene rings is 2. The van der Waals surface area contributed by atoms with Gasteiger partial charge in [-0.1, -0.05) is 50.2 Å². The van der Waals surface area contributed by atoms with E-state index in [0.717, 1.165) is 41.2 Å². The highest BCUT2D eigenvalue weighted by atomic mass is 32.4. The molecule has 0 spiro atoms. The van der Waals surface area contributed by atoms with Gasteiger partial charge in [0, 0.05) is 18.7 Å². The number of nitrogens with zero attached hydrogens (tertiary/aromatic N) is 4. The number of aromatic nitrogens is 2. The van der Waals surface area contributed by atoms with E-state index in [-0.39, 0.29) is 0 Å². The lowest BCUT2D eigenvalue weighted by Crippen LogP contribution is -2.31. The van der Waals surface area contributed by atoms with Crippen molar-refractivity contribution in [3.8, 4) is 5.69 Å². The highest BCUT2D eigenvalue weighted by Gasteiger charge is 2.40. The van der Waals surface area contributed by atoms with Crippen LogP contribution in [0.1, 0.15) is 25.1 Å². The van der Waals surface area contributed by atoms with E-state index in [0.29, 0.717) is 5.90 Å². The molecule has 144 valence electrons. The molecular weight excluding hydrogens is 387 g/mol. The second-order valence-corrected chi connectivity index (χ2v) is 10.3. The Morgan fingerprint density at radius 1 is 1.00 bits per heavy atom. The van der Waals surface area contributed by atoms with Crippen LogP contribution in [-0.4, -0.2) is 33.4 Å². The number of rotatable bonds is 5. The molecule has 0 N–H and O–H groups in total. The van der Waals surface area contributed by atoms with E-state index in [1.807, 2.05) is 72.3 Å². The van der Waals surface area contributed by atoms with E-state index in [9.17, 15) is 0 Å². The third kappa shape index (κ3) is 3.12. The van der Waals surface area contributed by atoms with Crippen LogP contribution in [0, 0.1) is 6.92 Å². The summed E-state index contributed by atoms with van der Waals surface area (Å²) >= 11 is 6.24. The van der Waals surface area contributed by atoms with Crippen LogP contribution in [0.4, 0.5) is 5.82 Å². The van der Waals surface area contributed by atoms with E-state index in [4.69, 9.17) is 26.4 Å². The summed E-state index contributed by atoms with van der Waals surface area (Å²) in [4.78, 5) is 4.89. The van der Waals surface area contributed by atoms with Gasteiger partial charge in [-0.25, -0.2) is 9.35 Å². The predicted octanol–water partition coefficient (Wildman–Crippen LogP) is 4.57. The molecule has 0 bridgehead atoms. The molecule has 4 rings (SSSR count). The molecule has 2 aromatic carbocycles. The Kier molecular flexibility index (Phi) is 5.19. The van der Waals surface area contributed by atoms with Gasteiger partial charge < -0.3 is 4.52 Å². The van der Waals surface area contributed by atoms with Gasteiger partial charge in [-0.15, -0.1) is 0 Å². The topological polar surface area (TPSA) is 42.6 Å². The summed E-state index contributed by atoms with van der Waals surface area (Å²) in [6.45, 7) is 7.85. The van der Waals surface area contributed by atoms with Gasteiger partial charge in [0.2, 0.25) is 12.3 Å². The average molecular weight is 410 g/mol. The summed E-state index contributed by atoms with van der Waals surface area (Å²) in [6, 6.07) is 20.0. The summed E-state index contributed by atoms with van der Waals surface area (Å²) in [5.41, 5.74) is 2.77. The number of aryl methyl sites for hydroxylation is 1. The van der Waals surface area contributed by atoms with Crippen molar-refractivity contribution in [3.05, 3.63) is 71.9 Å². The fourth-order valence-electron chi connectivity index (χ4n) is 3.46. The molecule has 0 saturated heterocycles. The summed E-state index contributed by atoms with van der Waals surface area (Å²) in [5.74, 6) is 1.35. The normalized spacial score (nSPS) is 18.5. The van der Waals surface area contributed by atoms with Crippen molar-refractivity contribution in [2.24, 2.45) is 4.99 Å².